The van der Waals surface area contributed by atoms with Gasteiger partial charge in [-0.3, -0.25) is 0 Å². The fourth-order valence-corrected chi connectivity index (χ4v) is 1.56. The van der Waals surface area contributed by atoms with Crippen LogP contribution >= 0.6 is 0 Å². The highest BCUT2D eigenvalue weighted by molar-refractivity contribution is 5.60. The fraction of sp³-hybridized carbons (Fsp3) is 0.182. The molecule has 0 fully saturated rings. The average Bonchev–Trinajstić information content (AvgIpc) is 2.78. The van der Waals surface area contributed by atoms with Gasteiger partial charge < -0.3 is 9.55 Å². The molecule has 0 atom stereocenters. The molecule has 0 saturated carbocycles. The molecular formula is C11H11N3. The number of aromatic nitrogens is 2. The first kappa shape index (κ1) is 8.64. The maximum atomic E-state index is 8.88. The summed E-state index contributed by atoms with van der Waals surface area (Å²) in [6, 6.07) is 8.03. The molecule has 14 heavy (non-hydrogen) atoms. The lowest BCUT2D eigenvalue weighted by molar-refractivity contribution is 0.885. The van der Waals surface area contributed by atoms with Gasteiger partial charge in [-0.25, -0.2) is 0 Å². The maximum absolute atomic E-state index is 8.88. The van der Waals surface area contributed by atoms with Crippen molar-refractivity contribution in [3.63, 3.8) is 0 Å². The van der Waals surface area contributed by atoms with Crippen LogP contribution in [0.25, 0.3) is 11.4 Å². The second kappa shape index (κ2) is 3.08. The van der Waals surface area contributed by atoms with Gasteiger partial charge in [0.25, 0.3) is 0 Å². The van der Waals surface area contributed by atoms with Gasteiger partial charge in [-0.05, 0) is 25.1 Å². The van der Waals surface area contributed by atoms with Crippen molar-refractivity contribution in [1.29, 1.82) is 5.26 Å². The molecule has 0 radical (unpaired) electrons. The first-order valence-electron chi connectivity index (χ1n) is 4.44. The molecule has 2 rings (SSSR count). The van der Waals surface area contributed by atoms with Crippen molar-refractivity contribution in [2.24, 2.45) is 7.05 Å². The zero-order valence-electron chi connectivity index (χ0n) is 8.20. The molecule has 3 heteroatoms. The number of nitriles is 1. The Morgan fingerprint density at radius 3 is 2.79 bits per heavy atom. The molecule has 70 valence electrons. The van der Waals surface area contributed by atoms with E-state index in [-0.39, 0.29) is 0 Å². The molecule has 0 spiro atoms. The second-order valence-corrected chi connectivity index (χ2v) is 3.28. The summed E-state index contributed by atoms with van der Waals surface area (Å²) in [5.74, 6) is 0. The number of nitrogens with one attached hydrogen (secondary N) is 1. The zero-order chi connectivity index (χ0) is 10.1. The Kier molecular flexibility index (Phi) is 1.90. The van der Waals surface area contributed by atoms with Crippen LogP contribution in [0.5, 0.6) is 0 Å². The predicted molar refractivity (Wildman–Crippen MR) is 54.7 cm³/mol. The largest absolute Gasteiger partial charge is 0.360 e. The van der Waals surface area contributed by atoms with Crippen molar-refractivity contribution in [1.82, 2.24) is 9.55 Å². The maximum Gasteiger partial charge on any atom is 0.101 e. The van der Waals surface area contributed by atoms with Gasteiger partial charge in [-0.2, -0.15) is 5.26 Å². The lowest BCUT2D eigenvalue weighted by atomic mass is 10.2. The Labute approximate surface area is 82.6 Å². The SMILES string of the molecule is Cc1c(C#N)cc(-c2ccc[nH]2)n1C. The third-order valence-electron chi connectivity index (χ3n) is 2.53. The number of rotatable bonds is 1. The molecule has 0 aliphatic carbocycles. The van der Waals surface area contributed by atoms with E-state index in [4.69, 9.17) is 5.26 Å². The first-order valence-corrected chi connectivity index (χ1v) is 4.44. The second-order valence-electron chi connectivity index (χ2n) is 3.28. The highest BCUT2D eigenvalue weighted by Gasteiger charge is 2.09. The predicted octanol–water partition coefficient (Wildman–Crippen LogP) is 2.20. The van der Waals surface area contributed by atoms with Gasteiger partial charge >= 0.3 is 0 Å². The number of hydrogen-bond donors (Lipinski definition) is 1. The Balaban J connectivity index is 2.62. The van der Waals surface area contributed by atoms with Gasteiger partial charge in [0.2, 0.25) is 0 Å². The van der Waals surface area contributed by atoms with Crippen molar-refractivity contribution in [3.8, 4) is 17.5 Å². The van der Waals surface area contributed by atoms with Gasteiger partial charge in [0.05, 0.1) is 17.0 Å². The standard InChI is InChI=1S/C11H11N3/c1-8-9(7-12)6-11(14(8)2)10-4-3-5-13-10/h3-6,13H,1-2H3. The molecule has 3 nitrogen and oxygen atoms in total. The summed E-state index contributed by atoms with van der Waals surface area (Å²) in [6.45, 7) is 1.95. The molecule has 0 unspecified atom stereocenters. The van der Waals surface area contributed by atoms with Gasteiger partial charge in [-0.15, -0.1) is 0 Å². The Morgan fingerprint density at radius 2 is 2.29 bits per heavy atom. The van der Waals surface area contributed by atoms with Crippen molar-refractivity contribution in [2.45, 2.75) is 6.92 Å². The van der Waals surface area contributed by atoms with Crippen LogP contribution in [0.4, 0.5) is 0 Å². The molecule has 0 amide bonds. The quantitative estimate of drug-likeness (QED) is 0.727. The number of nitrogens with zero attached hydrogens (tertiary/aromatic N) is 2. The van der Waals surface area contributed by atoms with Crippen LogP contribution in [0.1, 0.15) is 11.3 Å². The lowest BCUT2D eigenvalue weighted by Crippen LogP contribution is -1.94. The minimum Gasteiger partial charge on any atom is -0.360 e. The smallest absolute Gasteiger partial charge is 0.101 e. The summed E-state index contributed by atoms with van der Waals surface area (Å²) >= 11 is 0. The van der Waals surface area contributed by atoms with E-state index in [1.165, 1.54) is 0 Å². The molecule has 2 aromatic heterocycles. The summed E-state index contributed by atoms with van der Waals surface area (Å²) < 4.78 is 2.02. The van der Waals surface area contributed by atoms with Crippen molar-refractivity contribution < 1.29 is 0 Å². The molecule has 2 aromatic rings. The molecule has 1 N–H and O–H groups in total. The Morgan fingerprint density at radius 1 is 1.50 bits per heavy atom. The van der Waals surface area contributed by atoms with Gasteiger partial charge in [0.15, 0.2) is 0 Å². The van der Waals surface area contributed by atoms with E-state index in [0.717, 1.165) is 22.6 Å². The Hall–Kier alpha value is -1.95. The summed E-state index contributed by atoms with van der Waals surface area (Å²) in [5.41, 5.74) is 3.82. The van der Waals surface area contributed by atoms with Crippen LogP contribution in [0.15, 0.2) is 24.4 Å². The molecule has 0 aliphatic rings. The van der Waals surface area contributed by atoms with E-state index in [1.807, 2.05) is 42.9 Å². The number of aromatic amines is 1. The van der Waals surface area contributed by atoms with E-state index < -0.39 is 0 Å². The monoisotopic (exact) mass is 185 g/mol. The van der Waals surface area contributed by atoms with Crippen molar-refractivity contribution in [2.75, 3.05) is 0 Å². The average molecular weight is 185 g/mol. The fourth-order valence-electron chi connectivity index (χ4n) is 1.56. The van der Waals surface area contributed by atoms with E-state index in [1.54, 1.807) is 0 Å². The van der Waals surface area contributed by atoms with Crippen LogP contribution in [-0.2, 0) is 7.05 Å². The molecular weight excluding hydrogens is 174 g/mol. The highest BCUT2D eigenvalue weighted by Crippen LogP contribution is 2.22. The van der Waals surface area contributed by atoms with Gasteiger partial charge in [0, 0.05) is 18.9 Å². The van der Waals surface area contributed by atoms with E-state index >= 15 is 0 Å². The molecule has 0 bridgehead atoms. The van der Waals surface area contributed by atoms with Crippen LogP contribution in [0, 0.1) is 18.3 Å². The third kappa shape index (κ3) is 1.12. The van der Waals surface area contributed by atoms with Crippen LogP contribution in [0.3, 0.4) is 0 Å². The van der Waals surface area contributed by atoms with Crippen LogP contribution in [0.2, 0.25) is 0 Å². The van der Waals surface area contributed by atoms with Gasteiger partial charge in [0.1, 0.15) is 6.07 Å². The van der Waals surface area contributed by atoms with Crippen LogP contribution in [-0.4, -0.2) is 9.55 Å². The lowest BCUT2D eigenvalue weighted by Gasteiger charge is -2.01. The minimum absolute atomic E-state index is 0.733. The topological polar surface area (TPSA) is 44.5 Å². The van der Waals surface area contributed by atoms with Crippen molar-refractivity contribution >= 4 is 0 Å². The van der Waals surface area contributed by atoms with Crippen molar-refractivity contribution in [3.05, 3.63) is 35.7 Å². The first-order chi connectivity index (χ1) is 6.74. The van der Waals surface area contributed by atoms with Crippen LogP contribution < -0.4 is 0 Å². The van der Waals surface area contributed by atoms with E-state index in [0.29, 0.717) is 0 Å². The summed E-state index contributed by atoms with van der Waals surface area (Å²) in [7, 11) is 1.96. The highest BCUT2D eigenvalue weighted by atomic mass is 15.0. The van der Waals surface area contributed by atoms with Gasteiger partial charge in [-0.1, -0.05) is 0 Å². The number of hydrogen-bond acceptors (Lipinski definition) is 1. The molecule has 0 aliphatic heterocycles. The third-order valence-corrected chi connectivity index (χ3v) is 2.53. The summed E-state index contributed by atoms with van der Waals surface area (Å²) in [6.07, 6.45) is 1.88. The Bertz CT molecular complexity index is 483. The molecule has 0 saturated heterocycles. The summed E-state index contributed by atoms with van der Waals surface area (Å²) in [4.78, 5) is 3.13. The summed E-state index contributed by atoms with van der Waals surface area (Å²) in [5, 5.41) is 8.88. The van der Waals surface area contributed by atoms with E-state index in [9.17, 15) is 0 Å². The zero-order valence-corrected chi connectivity index (χ0v) is 8.20. The minimum atomic E-state index is 0.733. The van der Waals surface area contributed by atoms with E-state index in [2.05, 4.69) is 11.1 Å². The normalized spacial score (nSPS) is 10.1. The number of H-pyrrole nitrogens is 1. The molecule has 2 heterocycles. The molecule has 0 aromatic carbocycles.